The van der Waals surface area contributed by atoms with E-state index in [0.29, 0.717) is 27.5 Å². The van der Waals surface area contributed by atoms with E-state index in [9.17, 15) is 0 Å². The summed E-state index contributed by atoms with van der Waals surface area (Å²) in [5.74, 6) is 0. The number of hydrogen-bond acceptors (Lipinski definition) is 0. The first kappa shape index (κ1) is 6.19. The summed E-state index contributed by atoms with van der Waals surface area (Å²) in [5, 5.41) is 0.626. The summed E-state index contributed by atoms with van der Waals surface area (Å²) >= 11 is 0. The Kier molecular flexibility index (Phi) is 1.48. The third-order valence-electron chi connectivity index (χ3n) is 3.03. The molecule has 0 aromatic heterocycles. The first-order valence-electron chi connectivity index (χ1n) is 8.82. The molecule has 0 aliphatic rings. The fraction of sp³-hybridized carbons (Fsp3) is 0.111. The standard InChI is InChI=1S/C18H16/c1-13-7-10-15(11-8-13)17-12-9-14(2)16-5-3-4-6-18(16)17/h3-12H,1-2H3/i3D,4D,5D,6D,9D,12D. The number of aryl methyl sites for hydroxylation is 2. The lowest BCUT2D eigenvalue weighted by atomic mass is 9.95. The minimum Gasteiger partial charge on any atom is -0.0616 e. The molecule has 0 aliphatic carbocycles. The van der Waals surface area contributed by atoms with E-state index in [1.165, 1.54) is 0 Å². The van der Waals surface area contributed by atoms with Crippen LogP contribution in [0.5, 0.6) is 0 Å². The average molecular weight is 238 g/mol. The van der Waals surface area contributed by atoms with Crippen LogP contribution < -0.4 is 0 Å². The van der Waals surface area contributed by atoms with Gasteiger partial charge in [0.25, 0.3) is 0 Å². The second-order valence-electron chi connectivity index (χ2n) is 4.37. The SMILES string of the molecule is [2H]c1c([2H])c([2H])c2c(-c3ccc(C)cc3)c([2H])c([2H])c(C)c2c1[2H]. The van der Waals surface area contributed by atoms with Crippen molar-refractivity contribution in [1.82, 2.24) is 0 Å². The van der Waals surface area contributed by atoms with Gasteiger partial charge < -0.3 is 0 Å². The molecule has 0 unspecified atom stereocenters. The number of rotatable bonds is 1. The molecule has 0 bridgehead atoms. The minimum atomic E-state index is -0.322. The summed E-state index contributed by atoms with van der Waals surface area (Å²) in [4.78, 5) is 0. The zero-order chi connectivity index (χ0) is 17.8. The van der Waals surface area contributed by atoms with Gasteiger partial charge in [-0.25, -0.2) is 0 Å². The summed E-state index contributed by atoms with van der Waals surface area (Å²) in [6.45, 7) is 3.57. The van der Waals surface area contributed by atoms with E-state index in [4.69, 9.17) is 8.22 Å². The summed E-state index contributed by atoms with van der Waals surface area (Å²) in [5.41, 5.74) is 2.51. The zero-order valence-corrected chi connectivity index (χ0v) is 10.3. The van der Waals surface area contributed by atoms with Crippen molar-refractivity contribution in [2.45, 2.75) is 13.8 Å². The Morgan fingerprint density at radius 3 is 2.17 bits per heavy atom. The molecule has 0 saturated carbocycles. The van der Waals surface area contributed by atoms with Crippen LogP contribution in [0.1, 0.15) is 19.4 Å². The van der Waals surface area contributed by atoms with Gasteiger partial charge in [-0.05, 0) is 41.3 Å². The lowest BCUT2D eigenvalue weighted by Gasteiger charge is -2.09. The summed E-state index contributed by atoms with van der Waals surface area (Å²) in [6.07, 6.45) is 0. The molecule has 0 radical (unpaired) electrons. The Balaban J connectivity index is 2.61. The van der Waals surface area contributed by atoms with E-state index < -0.39 is 0 Å². The van der Waals surface area contributed by atoms with E-state index in [1.54, 1.807) is 6.92 Å². The van der Waals surface area contributed by atoms with Gasteiger partial charge in [-0.2, -0.15) is 0 Å². The van der Waals surface area contributed by atoms with Crippen LogP contribution in [0, 0.1) is 13.8 Å². The van der Waals surface area contributed by atoms with Gasteiger partial charge in [-0.3, -0.25) is 0 Å². The minimum absolute atomic E-state index is 0.0110. The third-order valence-corrected chi connectivity index (χ3v) is 3.03. The van der Waals surface area contributed by atoms with Crippen LogP contribution >= 0.6 is 0 Å². The van der Waals surface area contributed by atoms with Gasteiger partial charge in [0.15, 0.2) is 0 Å². The summed E-state index contributed by atoms with van der Waals surface area (Å²) in [6, 6.07) is 6.41. The Morgan fingerprint density at radius 1 is 0.778 bits per heavy atom. The lowest BCUT2D eigenvalue weighted by molar-refractivity contribution is 1.47. The first-order chi connectivity index (χ1) is 11.3. The molecule has 0 spiro atoms. The maximum atomic E-state index is 8.36. The number of fused-ring (bicyclic) bond motifs is 1. The van der Waals surface area contributed by atoms with E-state index >= 15 is 0 Å². The van der Waals surface area contributed by atoms with Gasteiger partial charge in [0, 0.05) is 0 Å². The third kappa shape index (κ3) is 1.80. The van der Waals surface area contributed by atoms with Crippen LogP contribution in [0.25, 0.3) is 21.9 Å². The van der Waals surface area contributed by atoms with Crippen molar-refractivity contribution in [1.29, 1.82) is 0 Å². The Morgan fingerprint density at radius 2 is 1.44 bits per heavy atom. The molecule has 0 aliphatic heterocycles. The normalized spacial score (nSPS) is 15.4. The van der Waals surface area contributed by atoms with Crippen LogP contribution in [0.2, 0.25) is 0 Å². The van der Waals surface area contributed by atoms with Crippen molar-refractivity contribution in [2.24, 2.45) is 0 Å². The van der Waals surface area contributed by atoms with Gasteiger partial charge in [0.2, 0.25) is 0 Å². The van der Waals surface area contributed by atoms with Crippen molar-refractivity contribution < 1.29 is 8.22 Å². The van der Waals surface area contributed by atoms with Gasteiger partial charge in [-0.1, -0.05) is 66.1 Å². The molecule has 0 nitrogen and oxygen atoms in total. The molecule has 3 aromatic carbocycles. The smallest absolute Gasteiger partial charge is 0.0616 e. The molecule has 0 amide bonds. The monoisotopic (exact) mass is 238 g/mol. The molecule has 3 rings (SSSR count). The summed E-state index contributed by atoms with van der Waals surface area (Å²) < 4.78 is 48.9. The highest BCUT2D eigenvalue weighted by atomic mass is 14.1. The van der Waals surface area contributed by atoms with E-state index in [1.807, 2.05) is 31.2 Å². The molecule has 3 aromatic rings. The van der Waals surface area contributed by atoms with E-state index in [0.717, 1.165) is 5.56 Å². The van der Waals surface area contributed by atoms with Crippen LogP contribution in [0.15, 0.2) is 60.5 Å². The molecule has 0 heterocycles. The Labute approximate surface area is 116 Å². The van der Waals surface area contributed by atoms with Gasteiger partial charge in [0.1, 0.15) is 0 Å². The molecular weight excluding hydrogens is 216 g/mol. The first-order valence-corrected chi connectivity index (χ1v) is 5.82. The predicted octanol–water partition coefficient (Wildman–Crippen LogP) is 5.12. The van der Waals surface area contributed by atoms with Crippen LogP contribution in [-0.4, -0.2) is 0 Å². The van der Waals surface area contributed by atoms with Gasteiger partial charge >= 0.3 is 0 Å². The fourth-order valence-electron chi connectivity index (χ4n) is 2.00. The Bertz CT molecular complexity index is 966. The molecular formula is C18H16. The van der Waals surface area contributed by atoms with E-state index in [2.05, 4.69) is 0 Å². The molecule has 0 heteroatoms. The molecule has 18 heavy (non-hydrogen) atoms. The molecule has 0 N–H and O–H groups in total. The predicted molar refractivity (Wildman–Crippen MR) is 78.9 cm³/mol. The van der Waals surface area contributed by atoms with Crippen molar-refractivity contribution >= 4 is 10.8 Å². The van der Waals surface area contributed by atoms with Gasteiger partial charge in [-0.15, -0.1) is 0 Å². The zero-order valence-electron chi connectivity index (χ0n) is 16.3. The average Bonchev–Trinajstić information content (AvgIpc) is 2.57. The largest absolute Gasteiger partial charge is 0.0630 e. The van der Waals surface area contributed by atoms with E-state index in [-0.39, 0.29) is 36.3 Å². The van der Waals surface area contributed by atoms with Crippen molar-refractivity contribution in [3.63, 3.8) is 0 Å². The maximum Gasteiger partial charge on any atom is 0.0630 e. The second kappa shape index (κ2) is 4.30. The second-order valence-corrected chi connectivity index (χ2v) is 4.37. The van der Waals surface area contributed by atoms with Crippen molar-refractivity contribution in [3.05, 3.63) is 71.6 Å². The van der Waals surface area contributed by atoms with Crippen molar-refractivity contribution in [2.75, 3.05) is 0 Å². The molecule has 0 atom stereocenters. The van der Waals surface area contributed by atoms with Gasteiger partial charge in [0.05, 0.1) is 8.22 Å². The fourth-order valence-corrected chi connectivity index (χ4v) is 2.00. The number of benzene rings is 3. The highest BCUT2D eigenvalue weighted by Gasteiger charge is 2.04. The molecule has 88 valence electrons. The topological polar surface area (TPSA) is 0 Å². The quantitative estimate of drug-likeness (QED) is 0.551. The maximum absolute atomic E-state index is 8.36. The Hall–Kier alpha value is -2.08. The summed E-state index contributed by atoms with van der Waals surface area (Å²) in [7, 11) is 0. The highest BCUT2D eigenvalue weighted by molar-refractivity contribution is 5.98. The number of hydrogen-bond donors (Lipinski definition) is 0. The highest BCUT2D eigenvalue weighted by Crippen LogP contribution is 2.30. The van der Waals surface area contributed by atoms with Crippen molar-refractivity contribution in [3.8, 4) is 11.1 Å². The van der Waals surface area contributed by atoms with Crippen LogP contribution in [0.3, 0.4) is 0 Å². The van der Waals surface area contributed by atoms with Crippen LogP contribution in [0.4, 0.5) is 0 Å². The lowest BCUT2D eigenvalue weighted by Crippen LogP contribution is -1.84. The molecule has 0 fully saturated rings. The van der Waals surface area contributed by atoms with Crippen LogP contribution in [-0.2, 0) is 0 Å². The molecule has 0 saturated heterocycles.